The molecule has 6 nitrogen and oxygen atoms in total. The Labute approximate surface area is 148 Å². The number of halogens is 1. The molecule has 2 aromatic rings. The molecule has 126 valence electrons. The van der Waals surface area contributed by atoms with Crippen LogP contribution < -0.4 is 0 Å². The summed E-state index contributed by atoms with van der Waals surface area (Å²) in [5, 5.41) is 13.8. The van der Waals surface area contributed by atoms with Crippen LogP contribution in [-0.4, -0.2) is 43.7 Å². The largest absolute Gasteiger partial charge is 0.480 e. The molecule has 1 aliphatic heterocycles. The van der Waals surface area contributed by atoms with Crippen LogP contribution in [0.1, 0.15) is 35.8 Å². The Kier molecular flexibility index (Phi) is 4.21. The second kappa shape index (κ2) is 6.05. The molecule has 3 rings (SSSR count). The van der Waals surface area contributed by atoms with E-state index in [1.165, 1.54) is 11.1 Å². The number of rotatable bonds is 3. The van der Waals surface area contributed by atoms with Gasteiger partial charge in [-0.15, -0.1) is 0 Å². The van der Waals surface area contributed by atoms with Gasteiger partial charge in [-0.3, -0.25) is 4.79 Å². The summed E-state index contributed by atoms with van der Waals surface area (Å²) in [7, 11) is 0. The van der Waals surface area contributed by atoms with E-state index in [4.69, 9.17) is 0 Å². The number of likely N-dealkylation sites (tertiary alicyclic amines) is 1. The predicted molar refractivity (Wildman–Crippen MR) is 92.3 cm³/mol. The van der Waals surface area contributed by atoms with Gasteiger partial charge in [-0.05, 0) is 44.9 Å². The molecule has 0 bridgehead atoms. The van der Waals surface area contributed by atoms with Crippen molar-refractivity contribution in [2.24, 2.45) is 0 Å². The van der Waals surface area contributed by atoms with Crippen molar-refractivity contribution in [3.63, 3.8) is 0 Å². The molecule has 0 spiro atoms. The quantitative estimate of drug-likeness (QED) is 0.872. The number of carbonyl (C=O) groups is 2. The van der Waals surface area contributed by atoms with Gasteiger partial charge >= 0.3 is 5.97 Å². The van der Waals surface area contributed by atoms with E-state index in [1.807, 2.05) is 31.2 Å². The number of hydrogen-bond acceptors (Lipinski definition) is 3. The lowest BCUT2D eigenvalue weighted by atomic mass is 9.98. The van der Waals surface area contributed by atoms with Crippen molar-refractivity contribution in [1.82, 2.24) is 14.7 Å². The van der Waals surface area contributed by atoms with Crippen LogP contribution in [0.4, 0.5) is 0 Å². The molecular formula is C17H18BrN3O3. The summed E-state index contributed by atoms with van der Waals surface area (Å²) in [6.07, 6.45) is 2.67. The van der Waals surface area contributed by atoms with Crippen molar-refractivity contribution in [2.75, 3.05) is 6.54 Å². The van der Waals surface area contributed by atoms with E-state index in [9.17, 15) is 14.7 Å². The number of carboxylic acid groups (broad SMARTS) is 1. The molecule has 1 atom stereocenters. The first-order valence-corrected chi connectivity index (χ1v) is 8.50. The topological polar surface area (TPSA) is 75.4 Å². The summed E-state index contributed by atoms with van der Waals surface area (Å²) in [5.41, 5.74) is 0.812. The first kappa shape index (κ1) is 16.7. The number of aliphatic carboxylic acids is 1. The van der Waals surface area contributed by atoms with Gasteiger partial charge in [-0.25, -0.2) is 9.48 Å². The summed E-state index contributed by atoms with van der Waals surface area (Å²) in [5.74, 6) is -1.25. The summed E-state index contributed by atoms with van der Waals surface area (Å²) in [6.45, 7) is 3.87. The maximum atomic E-state index is 12.9. The Morgan fingerprint density at radius 3 is 2.79 bits per heavy atom. The van der Waals surface area contributed by atoms with Gasteiger partial charge in [-0.2, -0.15) is 5.10 Å². The molecule has 2 heterocycles. The number of amides is 1. The average Bonchev–Trinajstić information content (AvgIpc) is 3.11. The summed E-state index contributed by atoms with van der Waals surface area (Å²) >= 11 is 3.42. The van der Waals surface area contributed by atoms with Crippen LogP contribution in [0, 0.1) is 6.92 Å². The van der Waals surface area contributed by atoms with Gasteiger partial charge in [0.25, 0.3) is 5.91 Å². The van der Waals surface area contributed by atoms with Crippen molar-refractivity contribution in [1.29, 1.82) is 0 Å². The zero-order valence-electron chi connectivity index (χ0n) is 13.5. The minimum Gasteiger partial charge on any atom is -0.480 e. The zero-order valence-corrected chi connectivity index (χ0v) is 15.1. The summed E-state index contributed by atoms with van der Waals surface area (Å²) in [6, 6.07) is 7.61. The van der Waals surface area contributed by atoms with Crippen molar-refractivity contribution >= 4 is 27.8 Å². The molecule has 1 saturated heterocycles. The van der Waals surface area contributed by atoms with Crippen molar-refractivity contribution in [3.8, 4) is 5.69 Å². The predicted octanol–water partition coefficient (Wildman–Crippen LogP) is 3.02. The number of benzene rings is 1. The van der Waals surface area contributed by atoms with Crippen LogP contribution >= 0.6 is 15.9 Å². The lowest BCUT2D eigenvalue weighted by molar-refractivity contribution is -0.147. The second-order valence-corrected chi connectivity index (χ2v) is 7.09. The molecule has 1 aromatic heterocycles. The maximum absolute atomic E-state index is 12.9. The third kappa shape index (κ3) is 2.62. The van der Waals surface area contributed by atoms with Gasteiger partial charge in [0.05, 0.1) is 23.1 Å². The van der Waals surface area contributed by atoms with Gasteiger partial charge in [0, 0.05) is 11.0 Å². The highest BCUT2D eigenvalue weighted by Gasteiger charge is 2.46. The highest BCUT2D eigenvalue weighted by atomic mass is 79.9. The Bertz CT molecular complexity index is 817. The molecule has 0 radical (unpaired) electrons. The van der Waals surface area contributed by atoms with Crippen LogP contribution in [0.15, 0.2) is 34.9 Å². The van der Waals surface area contributed by atoms with Crippen LogP contribution in [-0.2, 0) is 4.79 Å². The number of carbonyl (C=O) groups excluding carboxylic acids is 1. The highest BCUT2D eigenvalue weighted by Crippen LogP contribution is 2.31. The third-order valence-corrected chi connectivity index (χ3v) is 5.13. The molecule has 0 saturated carbocycles. The average molecular weight is 392 g/mol. The Hall–Kier alpha value is -2.15. The van der Waals surface area contributed by atoms with Crippen LogP contribution in [0.25, 0.3) is 5.69 Å². The molecule has 24 heavy (non-hydrogen) atoms. The van der Waals surface area contributed by atoms with E-state index in [1.54, 1.807) is 11.6 Å². The minimum absolute atomic E-state index is 0.281. The molecule has 1 fully saturated rings. The monoisotopic (exact) mass is 391 g/mol. The summed E-state index contributed by atoms with van der Waals surface area (Å²) < 4.78 is 2.60. The van der Waals surface area contributed by atoms with Gasteiger partial charge in [0.15, 0.2) is 0 Å². The smallest absolute Gasteiger partial charge is 0.329 e. The highest BCUT2D eigenvalue weighted by molar-refractivity contribution is 9.10. The Balaban J connectivity index is 1.97. The van der Waals surface area contributed by atoms with Gasteiger partial charge in [0.2, 0.25) is 0 Å². The van der Waals surface area contributed by atoms with Gasteiger partial charge in [-0.1, -0.05) is 22.0 Å². The number of carboxylic acids is 1. The Morgan fingerprint density at radius 2 is 2.12 bits per heavy atom. The molecule has 1 unspecified atom stereocenters. The van der Waals surface area contributed by atoms with E-state index in [-0.39, 0.29) is 5.91 Å². The van der Waals surface area contributed by atoms with E-state index < -0.39 is 11.5 Å². The van der Waals surface area contributed by atoms with Crippen molar-refractivity contribution < 1.29 is 14.7 Å². The van der Waals surface area contributed by atoms with Gasteiger partial charge in [0.1, 0.15) is 5.54 Å². The van der Waals surface area contributed by atoms with Crippen LogP contribution in [0.3, 0.4) is 0 Å². The van der Waals surface area contributed by atoms with Crippen molar-refractivity contribution in [2.45, 2.75) is 32.2 Å². The zero-order chi connectivity index (χ0) is 17.5. The molecule has 1 amide bonds. The van der Waals surface area contributed by atoms with Crippen LogP contribution in [0.5, 0.6) is 0 Å². The normalized spacial score (nSPS) is 20.4. The fourth-order valence-electron chi connectivity index (χ4n) is 3.14. The van der Waals surface area contributed by atoms with E-state index in [0.29, 0.717) is 30.6 Å². The number of nitrogens with zero attached hydrogens (tertiary/aromatic N) is 3. The number of hydrogen-bond donors (Lipinski definition) is 1. The van der Waals surface area contributed by atoms with E-state index >= 15 is 0 Å². The third-order valence-electron chi connectivity index (χ3n) is 4.64. The second-order valence-electron chi connectivity index (χ2n) is 6.17. The first-order chi connectivity index (χ1) is 11.3. The van der Waals surface area contributed by atoms with E-state index in [0.717, 1.165) is 10.2 Å². The molecule has 0 aliphatic carbocycles. The minimum atomic E-state index is -1.15. The summed E-state index contributed by atoms with van der Waals surface area (Å²) in [4.78, 5) is 25.9. The van der Waals surface area contributed by atoms with Crippen molar-refractivity contribution in [3.05, 3.63) is 46.2 Å². The SMILES string of the molecule is Cc1c(C(=O)N2CCCC2(C)C(=O)O)cnn1-c1cccc(Br)c1. The lowest BCUT2D eigenvalue weighted by Gasteiger charge is -2.31. The lowest BCUT2D eigenvalue weighted by Crippen LogP contribution is -2.50. The number of aromatic nitrogens is 2. The maximum Gasteiger partial charge on any atom is 0.329 e. The van der Waals surface area contributed by atoms with E-state index in [2.05, 4.69) is 21.0 Å². The molecule has 1 aliphatic rings. The molecule has 1 aromatic carbocycles. The fraction of sp³-hybridized carbons (Fsp3) is 0.353. The Morgan fingerprint density at radius 1 is 1.38 bits per heavy atom. The fourth-order valence-corrected chi connectivity index (χ4v) is 3.53. The molecule has 1 N–H and O–H groups in total. The first-order valence-electron chi connectivity index (χ1n) is 7.70. The van der Waals surface area contributed by atoms with Gasteiger partial charge < -0.3 is 10.0 Å². The standard InChI is InChI=1S/C17H18BrN3O3/c1-11-14(10-19-21(11)13-6-3-5-12(18)9-13)15(22)20-8-4-7-17(20,2)16(23)24/h3,5-6,9-10H,4,7-8H2,1-2H3,(H,23,24). The molecular weight excluding hydrogens is 374 g/mol. The molecule has 7 heteroatoms. The van der Waals surface area contributed by atoms with Crippen LogP contribution in [0.2, 0.25) is 0 Å².